The Morgan fingerprint density at radius 3 is 2.76 bits per heavy atom. The molecule has 17 heavy (non-hydrogen) atoms. The number of hydrogen-bond donors (Lipinski definition) is 0. The molecule has 0 aliphatic rings. The molecule has 0 spiro atoms. The van der Waals surface area contributed by atoms with Gasteiger partial charge in [-0.15, -0.1) is 0 Å². The monoisotopic (exact) mass is 232 g/mol. The second-order valence-corrected chi connectivity index (χ2v) is 3.86. The van der Waals surface area contributed by atoms with E-state index in [9.17, 15) is 4.79 Å². The van der Waals surface area contributed by atoms with Crippen LogP contribution in [0.25, 0.3) is 5.65 Å². The molecule has 0 aliphatic heterocycles. The summed E-state index contributed by atoms with van der Waals surface area (Å²) in [5.74, 6) is -0.0261. The molecule has 2 aromatic heterocycles. The summed E-state index contributed by atoms with van der Waals surface area (Å²) in [7, 11) is 0. The minimum absolute atomic E-state index is 0.0261. The number of rotatable bonds is 3. The molecule has 0 aliphatic carbocycles. The second kappa shape index (κ2) is 4.53. The minimum Gasteiger partial charge on any atom is -0.338 e. The average Bonchev–Trinajstić information content (AvgIpc) is 2.79. The van der Waals surface area contributed by atoms with E-state index in [1.54, 1.807) is 27.7 Å². The van der Waals surface area contributed by atoms with Crippen LogP contribution in [0.1, 0.15) is 30.0 Å². The van der Waals surface area contributed by atoms with E-state index in [1.165, 1.54) is 0 Å². The summed E-state index contributed by atoms with van der Waals surface area (Å²) in [6, 6.07) is 3.58. The molecule has 2 aromatic rings. The maximum absolute atomic E-state index is 12.2. The quantitative estimate of drug-likeness (QED) is 0.806. The van der Waals surface area contributed by atoms with Gasteiger partial charge in [0.05, 0.1) is 6.20 Å². The lowest BCUT2D eigenvalue weighted by molar-refractivity contribution is 0.0767. The van der Waals surface area contributed by atoms with E-state index in [4.69, 9.17) is 0 Å². The molecule has 0 saturated heterocycles. The minimum atomic E-state index is -0.0261. The van der Waals surface area contributed by atoms with Crippen LogP contribution in [0.5, 0.6) is 0 Å². The molecule has 0 bridgehead atoms. The molecule has 90 valence electrons. The Balaban J connectivity index is 2.45. The van der Waals surface area contributed by atoms with Gasteiger partial charge in [0.25, 0.3) is 5.91 Å². The highest BCUT2D eigenvalue weighted by Crippen LogP contribution is 2.08. The summed E-state index contributed by atoms with van der Waals surface area (Å²) in [6.45, 7) is 7.24. The highest BCUT2D eigenvalue weighted by molar-refractivity contribution is 5.92. The van der Waals surface area contributed by atoms with Crippen LogP contribution in [0.2, 0.25) is 0 Å². The maximum atomic E-state index is 12.2. The third-order valence-corrected chi connectivity index (χ3v) is 2.81. The first-order valence-electron chi connectivity index (χ1n) is 5.78. The summed E-state index contributed by atoms with van der Waals surface area (Å²) in [4.78, 5) is 18.2. The molecule has 0 atom stereocenters. The highest BCUT2D eigenvalue weighted by Gasteiger charge is 2.15. The smallest absolute Gasteiger partial charge is 0.272 e. The molecule has 0 radical (unpaired) electrons. The number of carbonyl (C=O) groups is 1. The van der Waals surface area contributed by atoms with E-state index in [1.807, 2.05) is 20.8 Å². The Bertz CT molecular complexity index is 542. The van der Waals surface area contributed by atoms with Crippen LogP contribution in [0.4, 0.5) is 0 Å². The lowest BCUT2D eigenvalue weighted by atomic mass is 10.3. The van der Waals surface area contributed by atoms with Gasteiger partial charge in [-0.2, -0.15) is 5.10 Å². The van der Waals surface area contributed by atoms with Gasteiger partial charge >= 0.3 is 0 Å². The molecular weight excluding hydrogens is 216 g/mol. The summed E-state index contributed by atoms with van der Waals surface area (Å²) in [5, 5.41) is 4.13. The van der Waals surface area contributed by atoms with Crippen LogP contribution in [-0.2, 0) is 0 Å². The third-order valence-electron chi connectivity index (χ3n) is 2.81. The van der Waals surface area contributed by atoms with Gasteiger partial charge < -0.3 is 4.90 Å². The van der Waals surface area contributed by atoms with Gasteiger partial charge in [-0.25, -0.2) is 9.50 Å². The zero-order valence-corrected chi connectivity index (χ0v) is 10.3. The van der Waals surface area contributed by atoms with Crippen LogP contribution in [0.3, 0.4) is 0 Å². The number of amides is 1. The number of hydrogen-bond acceptors (Lipinski definition) is 3. The van der Waals surface area contributed by atoms with E-state index in [-0.39, 0.29) is 5.91 Å². The fourth-order valence-electron chi connectivity index (χ4n) is 1.85. The van der Waals surface area contributed by atoms with Crippen LogP contribution in [-0.4, -0.2) is 38.5 Å². The van der Waals surface area contributed by atoms with E-state index in [2.05, 4.69) is 10.1 Å². The molecule has 2 heterocycles. The van der Waals surface area contributed by atoms with Crippen molar-refractivity contribution in [3.8, 4) is 0 Å². The molecule has 0 fully saturated rings. The van der Waals surface area contributed by atoms with Gasteiger partial charge in [0, 0.05) is 24.8 Å². The van der Waals surface area contributed by atoms with Crippen LogP contribution >= 0.6 is 0 Å². The zero-order valence-electron chi connectivity index (χ0n) is 10.3. The summed E-state index contributed by atoms with van der Waals surface area (Å²) < 4.78 is 1.72. The molecular formula is C12H16N4O. The van der Waals surface area contributed by atoms with Crippen molar-refractivity contribution >= 4 is 11.6 Å². The number of carbonyl (C=O) groups excluding carboxylic acids is 1. The van der Waals surface area contributed by atoms with Gasteiger partial charge in [0.1, 0.15) is 5.69 Å². The standard InChI is InChI=1S/C12H16N4O/c1-4-15(5-2)12(17)10-8-9(3)16-11(14-10)6-7-13-16/h6-8H,4-5H2,1-3H3. The zero-order chi connectivity index (χ0) is 12.4. The van der Waals surface area contributed by atoms with E-state index in [0.29, 0.717) is 24.4 Å². The number of aryl methyl sites for hydroxylation is 1. The molecule has 5 nitrogen and oxygen atoms in total. The highest BCUT2D eigenvalue weighted by atomic mass is 16.2. The van der Waals surface area contributed by atoms with E-state index >= 15 is 0 Å². The van der Waals surface area contributed by atoms with Gasteiger partial charge in [-0.1, -0.05) is 0 Å². The maximum Gasteiger partial charge on any atom is 0.272 e. The predicted octanol–water partition coefficient (Wildman–Crippen LogP) is 1.52. The summed E-state index contributed by atoms with van der Waals surface area (Å²) in [6.07, 6.45) is 1.68. The van der Waals surface area contributed by atoms with Crippen LogP contribution < -0.4 is 0 Å². The van der Waals surface area contributed by atoms with Crippen LogP contribution in [0, 0.1) is 6.92 Å². The van der Waals surface area contributed by atoms with Crippen molar-refractivity contribution in [1.82, 2.24) is 19.5 Å². The van der Waals surface area contributed by atoms with Gasteiger partial charge in [0.2, 0.25) is 0 Å². The second-order valence-electron chi connectivity index (χ2n) is 3.86. The Morgan fingerprint density at radius 2 is 2.12 bits per heavy atom. The normalized spacial score (nSPS) is 10.8. The predicted molar refractivity (Wildman–Crippen MR) is 65.0 cm³/mol. The van der Waals surface area contributed by atoms with Gasteiger partial charge in [-0.05, 0) is 26.8 Å². The first-order chi connectivity index (χ1) is 8.17. The van der Waals surface area contributed by atoms with E-state index < -0.39 is 0 Å². The molecule has 0 N–H and O–H groups in total. The summed E-state index contributed by atoms with van der Waals surface area (Å²) in [5.41, 5.74) is 2.11. The van der Waals surface area contributed by atoms with Crippen molar-refractivity contribution in [1.29, 1.82) is 0 Å². The topological polar surface area (TPSA) is 50.5 Å². The molecule has 1 amide bonds. The Labute approximate surface area is 100 Å². The number of aromatic nitrogens is 3. The fourth-order valence-corrected chi connectivity index (χ4v) is 1.85. The van der Waals surface area contributed by atoms with Crippen molar-refractivity contribution in [3.05, 3.63) is 29.7 Å². The van der Waals surface area contributed by atoms with Crippen molar-refractivity contribution in [2.45, 2.75) is 20.8 Å². The average molecular weight is 232 g/mol. The Hall–Kier alpha value is -1.91. The largest absolute Gasteiger partial charge is 0.338 e. The fraction of sp³-hybridized carbons (Fsp3) is 0.417. The van der Waals surface area contributed by atoms with Gasteiger partial charge in [-0.3, -0.25) is 4.79 Å². The van der Waals surface area contributed by atoms with Crippen molar-refractivity contribution in [2.75, 3.05) is 13.1 Å². The summed E-state index contributed by atoms with van der Waals surface area (Å²) >= 11 is 0. The molecule has 0 aromatic carbocycles. The number of nitrogens with zero attached hydrogens (tertiary/aromatic N) is 4. The van der Waals surface area contributed by atoms with Crippen molar-refractivity contribution in [2.24, 2.45) is 0 Å². The van der Waals surface area contributed by atoms with Crippen molar-refractivity contribution < 1.29 is 4.79 Å². The number of fused-ring (bicyclic) bond motifs is 1. The van der Waals surface area contributed by atoms with E-state index in [0.717, 1.165) is 5.69 Å². The molecule has 0 saturated carbocycles. The molecule has 5 heteroatoms. The first-order valence-corrected chi connectivity index (χ1v) is 5.78. The lowest BCUT2D eigenvalue weighted by Gasteiger charge is -2.18. The molecule has 2 rings (SSSR count). The van der Waals surface area contributed by atoms with Crippen LogP contribution in [0.15, 0.2) is 18.3 Å². The molecule has 0 unspecified atom stereocenters. The lowest BCUT2D eigenvalue weighted by Crippen LogP contribution is -2.31. The Morgan fingerprint density at radius 1 is 1.41 bits per heavy atom. The Kier molecular flexibility index (Phi) is 3.08. The first kappa shape index (κ1) is 11.6. The van der Waals surface area contributed by atoms with Crippen molar-refractivity contribution in [3.63, 3.8) is 0 Å². The SMILES string of the molecule is CCN(CC)C(=O)c1cc(C)n2nccc2n1. The van der Waals surface area contributed by atoms with Gasteiger partial charge in [0.15, 0.2) is 5.65 Å². The third kappa shape index (κ3) is 2.00.